The molecule has 6 heteroatoms. The number of nitrogens with one attached hydrogen (secondary N) is 2. The van der Waals surface area contributed by atoms with E-state index >= 15 is 0 Å². The topological polar surface area (TPSA) is 50.4 Å². The lowest BCUT2D eigenvalue weighted by molar-refractivity contribution is -0.0501. The van der Waals surface area contributed by atoms with E-state index in [1.807, 2.05) is 6.92 Å². The summed E-state index contributed by atoms with van der Waals surface area (Å²) in [5.74, 6) is -0.507. The first-order valence-corrected chi connectivity index (χ1v) is 6.07. The highest BCUT2D eigenvalue weighted by molar-refractivity contribution is 5.97. The van der Waals surface area contributed by atoms with Crippen LogP contribution in [-0.2, 0) is 0 Å². The zero-order chi connectivity index (χ0) is 13.9. The van der Waals surface area contributed by atoms with Crippen molar-refractivity contribution in [2.24, 2.45) is 0 Å². The van der Waals surface area contributed by atoms with E-state index in [-0.39, 0.29) is 16.9 Å². The van der Waals surface area contributed by atoms with Gasteiger partial charge < -0.3 is 15.4 Å². The number of carbonyl (C=O) groups is 1. The van der Waals surface area contributed by atoms with Crippen LogP contribution in [0.3, 0.4) is 0 Å². The Kier molecular flexibility index (Phi) is 3.99. The molecule has 104 valence electrons. The molecule has 1 aromatic carbocycles. The molecule has 1 unspecified atom stereocenters. The van der Waals surface area contributed by atoms with Crippen LogP contribution in [0.1, 0.15) is 23.7 Å². The van der Waals surface area contributed by atoms with Crippen LogP contribution in [0.2, 0.25) is 0 Å². The number of rotatable bonds is 4. The largest absolute Gasteiger partial charge is 0.434 e. The van der Waals surface area contributed by atoms with Gasteiger partial charge in [0.1, 0.15) is 5.75 Å². The number of para-hydroxylation sites is 1. The molecule has 1 fully saturated rings. The fourth-order valence-corrected chi connectivity index (χ4v) is 2.12. The Morgan fingerprint density at radius 2 is 2.21 bits per heavy atom. The van der Waals surface area contributed by atoms with Crippen LogP contribution in [0.25, 0.3) is 0 Å². The average Bonchev–Trinajstić information content (AvgIpc) is 2.75. The third-order valence-corrected chi connectivity index (χ3v) is 3.13. The zero-order valence-electron chi connectivity index (χ0n) is 10.6. The minimum absolute atomic E-state index is 0.107. The first kappa shape index (κ1) is 13.7. The fraction of sp³-hybridized carbons (Fsp3) is 0.462. The summed E-state index contributed by atoms with van der Waals surface area (Å²) >= 11 is 0. The summed E-state index contributed by atoms with van der Waals surface area (Å²) in [5, 5.41) is 6.01. The minimum Gasteiger partial charge on any atom is -0.434 e. The van der Waals surface area contributed by atoms with Crippen molar-refractivity contribution in [1.29, 1.82) is 0 Å². The van der Waals surface area contributed by atoms with Crippen molar-refractivity contribution < 1.29 is 18.3 Å². The molecule has 1 aliphatic heterocycles. The predicted octanol–water partition coefficient (Wildman–Crippen LogP) is 1.77. The lowest BCUT2D eigenvalue weighted by Gasteiger charge is -2.25. The molecule has 1 atom stereocenters. The maximum absolute atomic E-state index is 12.3. The Labute approximate surface area is 110 Å². The summed E-state index contributed by atoms with van der Waals surface area (Å²) in [6, 6.07) is 5.99. The molecule has 2 rings (SSSR count). The number of alkyl halides is 2. The maximum atomic E-state index is 12.3. The third-order valence-electron chi connectivity index (χ3n) is 3.13. The van der Waals surface area contributed by atoms with E-state index in [4.69, 9.17) is 0 Å². The average molecular weight is 270 g/mol. The monoisotopic (exact) mass is 270 g/mol. The Bertz CT molecular complexity index is 460. The van der Waals surface area contributed by atoms with Crippen molar-refractivity contribution in [3.63, 3.8) is 0 Å². The van der Waals surface area contributed by atoms with Gasteiger partial charge in [0.05, 0.1) is 11.1 Å². The molecule has 0 aliphatic carbocycles. The number of ether oxygens (including phenoxy) is 1. The van der Waals surface area contributed by atoms with E-state index in [0.717, 1.165) is 13.0 Å². The number of halogens is 2. The highest BCUT2D eigenvalue weighted by atomic mass is 19.3. The molecule has 2 N–H and O–H groups in total. The molecule has 0 spiro atoms. The second-order valence-corrected chi connectivity index (χ2v) is 4.82. The second-order valence-electron chi connectivity index (χ2n) is 4.82. The predicted molar refractivity (Wildman–Crippen MR) is 66.4 cm³/mol. The summed E-state index contributed by atoms with van der Waals surface area (Å²) in [7, 11) is 0. The van der Waals surface area contributed by atoms with Gasteiger partial charge in [-0.1, -0.05) is 12.1 Å². The van der Waals surface area contributed by atoms with Crippen LogP contribution >= 0.6 is 0 Å². The van der Waals surface area contributed by atoms with E-state index < -0.39 is 12.5 Å². The van der Waals surface area contributed by atoms with Crippen molar-refractivity contribution in [1.82, 2.24) is 10.6 Å². The van der Waals surface area contributed by atoms with Crippen molar-refractivity contribution in [3.05, 3.63) is 29.8 Å². The lowest BCUT2D eigenvalue weighted by atomic mass is 10.0. The van der Waals surface area contributed by atoms with Gasteiger partial charge in [-0.25, -0.2) is 0 Å². The van der Waals surface area contributed by atoms with Gasteiger partial charge in [-0.3, -0.25) is 4.79 Å². The van der Waals surface area contributed by atoms with Crippen LogP contribution in [-0.4, -0.2) is 31.1 Å². The molecule has 1 saturated heterocycles. The zero-order valence-corrected chi connectivity index (χ0v) is 10.6. The summed E-state index contributed by atoms with van der Waals surface area (Å²) in [5.41, 5.74) is -0.231. The van der Waals surface area contributed by atoms with E-state index in [0.29, 0.717) is 6.54 Å². The summed E-state index contributed by atoms with van der Waals surface area (Å²) in [6.07, 6.45) is 0.802. The first-order valence-electron chi connectivity index (χ1n) is 6.07. The quantitative estimate of drug-likeness (QED) is 0.876. The van der Waals surface area contributed by atoms with Crippen LogP contribution in [0.5, 0.6) is 5.75 Å². The molecule has 4 nitrogen and oxygen atoms in total. The van der Waals surface area contributed by atoms with Gasteiger partial charge in [-0.15, -0.1) is 0 Å². The van der Waals surface area contributed by atoms with E-state index in [9.17, 15) is 13.6 Å². The molecule has 0 radical (unpaired) electrons. The van der Waals surface area contributed by atoms with Gasteiger partial charge in [0.25, 0.3) is 5.91 Å². The molecular formula is C13H16F2N2O2. The van der Waals surface area contributed by atoms with Gasteiger partial charge >= 0.3 is 6.61 Å². The molecule has 19 heavy (non-hydrogen) atoms. The third kappa shape index (κ3) is 3.41. The SMILES string of the molecule is CC1(NC(=O)c2ccccc2OC(F)F)CCNC1. The first-order chi connectivity index (χ1) is 9.00. The molecule has 1 heterocycles. The molecule has 1 aliphatic rings. The highest BCUT2D eigenvalue weighted by Gasteiger charge is 2.31. The van der Waals surface area contributed by atoms with E-state index in [1.54, 1.807) is 12.1 Å². The number of hydrogen-bond donors (Lipinski definition) is 2. The van der Waals surface area contributed by atoms with Crippen molar-refractivity contribution >= 4 is 5.91 Å². The van der Waals surface area contributed by atoms with Crippen molar-refractivity contribution in [2.45, 2.75) is 25.5 Å². The Morgan fingerprint density at radius 3 is 2.84 bits per heavy atom. The minimum atomic E-state index is -2.95. The van der Waals surface area contributed by atoms with E-state index in [2.05, 4.69) is 15.4 Å². The molecule has 0 aromatic heterocycles. The van der Waals surface area contributed by atoms with Crippen molar-refractivity contribution in [3.8, 4) is 5.75 Å². The maximum Gasteiger partial charge on any atom is 0.387 e. The summed E-state index contributed by atoms with van der Waals surface area (Å²) in [4.78, 5) is 12.1. The van der Waals surface area contributed by atoms with Gasteiger partial charge in [0, 0.05) is 6.54 Å². The highest BCUT2D eigenvalue weighted by Crippen LogP contribution is 2.22. The van der Waals surface area contributed by atoms with Gasteiger partial charge in [0.15, 0.2) is 0 Å². The Morgan fingerprint density at radius 1 is 1.47 bits per heavy atom. The molecule has 1 amide bonds. The molecular weight excluding hydrogens is 254 g/mol. The summed E-state index contributed by atoms with van der Waals surface area (Å²) < 4.78 is 28.9. The normalized spacial score (nSPS) is 22.5. The smallest absolute Gasteiger partial charge is 0.387 e. The Hall–Kier alpha value is -1.69. The number of carbonyl (C=O) groups excluding carboxylic acids is 1. The van der Waals surface area contributed by atoms with Crippen LogP contribution in [0.4, 0.5) is 8.78 Å². The van der Waals surface area contributed by atoms with Gasteiger partial charge in [-0.2, -0.15) is 8.78 Å². The Balaban J connectivity index is 2.14. The molecule has 0 saturated carbocycles. The molecule has 1 aromatic rings. The number of amides is 1. The van der Waals surface area contributed by atoms with Crippen LogP contribution < -0.4 is 15.4 Å². The van der Waals surface area contributed by atoms with Gasteiger partial charge in [-0.05, 0) is 32.0 Å². The standard InChI is InChI=1S/C13H16F2N2O2/c1-13(6-7-16-8-13)17-11(18)9-4-2-3-5-10(9)19-12(14)15/h2-5,12,16H,6-8H2,1H3,(H,17,18). The van der Waals surface area contributed by atoms with Crippen molar-refractivity contribution in [2.75, 3.05) is 13.1 Å². The van der Waals surface area contributed by atoms with Gasteiger partial charge in [0.2, 0.25) is 0 Å². The number of benzene rings is 1. The number of hydrogen-bond acceptors (Lipinski definition) is 3. The lowest BCUT2D eigenvalue weighted by Crippen LogP contribution is -2.47. The van der Waals surface area contributed by atoms with Crippen LogP contribution in [0, 0.1) is 0 Å². The van der Waals surface area contributed by atoms with Crippen LogP contribution in [0.15, 0.2) is 24.3 Å². The fourth-order valence-electron chi connectivity index (χ4n) is 2.12. The second kappa shape index (κ2) is 5.52. The molecule has 0 bridgehead atoms. The van der Waals surface area contributed by atoms with E-state index in [1.165, 1.54) is 12.1 Å². The summed E-state index contributed by atoms with van der Waals surface area (Å²) in [6.45, 7) is 0.460.